The van der Waals surface area contributed by atoms with Crippen molar-refractivity contribution in [3.63, 3.8) is 0 Å². The molecule has 0 bridgehead atoms. The largest absolute Gasteiger partial charge is 0.493 e. The van der Waals surface area contributed by atoms with Crippen molar-refractivity contribution in [2.75, 3.05) is 13.7 Å². The summed E-state index contributed by atoms with van der Waals surface area (Å²) in [4.78, 5) is 12.4. The topological polar surface area (TPSA) is 35.5 Å². The minimum Gasteiger partial charge on any atom is -0.493 e. The van der Waals surface area contributed by atoms with Crippen LogP contribution in [0.5, 0.6) is 11.5 Å². The van der Waals surface area contributed by atoms with E-state index < -0.39 is 17.5 Å². The van der Waals surface area contributed by atoms with Gasteiger partial charge in [0, 0.05) is 5.56 Å². The summed E-state index contributed by atoms with van der Waals surface area (Å²) < 4.78 is 50.0. The maximum atomic E-state index is 13.0. The molecule has 3 nitrogen and oxygen atoms in total. The molecule has 0 spiro atoms. The Bertz CT molecular complexity index is 892. The number of hydrogen-bond donors (Lipinski definition) is 0. The van der Waals surface area contributed by atoms with E-state index in [1.807, 2.05) is 19.9 Å². The van der Waals surface area contributed by atoms with E-state index in [0.717, 1.165) is 23.8 Å². The highest BCUT2D eigenvalue weighted by molar-refractivity contribution is 6.07. The van der Waals surface area contributed by atoms with Crippen LogP contribution in [0.3, 0.4) is 0 Å². The molecule has 0 aliphatic carbocycles. The van der Waals surface area contributed by atoms with Crippen molar-refractivity contribution < 1.29 is 27.4 Å². The van der Waals surface area contributed by atoms with Gasteiger partial charge in [-0.15, -0.1) is 0 Å². The zero-order valence-corrected chi connectivity index (χ0v) is 15.8. The molecule has 0 unspecified atom stereocenters. The van der Waals surface area contributed by atoms with Crippen LogP contribution in [0, 0.1) is 0 Å². The number of ether oxygens (including phenoxy) is 2. The molecule has 6 heteroatoms. The van der Waals surface area contributed by atoms with Crippen molar-refractivity contribution >= 4 is 11.9 Å². The third-order valence-corrected chi connectivity index (χ3v) is 3.86. The lowest BCUT2D eigenvalue weighted by Gasteiger charge is -2.11. The monoisotopic (exact) mass is 390 g/mol. The van der Waals surface area contributed by atoms with Crippen molar-refractivity contribution in [1.82, 2.24) is 0 Å². The van der Waals surface area contributed by atoms with Crippen molar-refractivity contribution in [2.24, 2.45) is 0 Å². The van der Waals surface area contributed by atoms with Crippen LogP contribution < -0.4 is 9.47 Å². The molecule has 28 heavy (non-hydrogen) atoms. The van der Waals surface area contributed by atoms with Crippen molar-refractivity contribution in [1.29, 1.82) is 0 Å². The van der Waals surface area contributed by atoms with E-state index in [-0.39, 0.29) is 11.1 Å². The van der Waals surface area contributed by atoms with Crippen LogP contribution in [0.25, 0.3) is 6.08 Å². The Morgan fingerprint density at radius 1 is 1.07 bits per heavy atom. The van der Waals surface area contributed by atoms with Crippen LogP contribution >= 0.6 is 0 Å². The van der Waals surface area contributed by atoms with Gasteiger partial charge >= 0.3 is 6.18 Å². The number of ketones is 1. The van der Waals surface area contributed by atoms with E-state index in [9.17, 15) is 18.0 Å². The number of carbonyl (C=O) groups is 1. The Labute approximate surface area is 162 Å². The van der Waals surface area contributed by atoms with E-state index in [4.69, 9.17) is 9.47 Å². The smallest absolute Gasteiger partial charge is 0.416 e. The number of allylic oxidation sites excluding steroid dienone is 2. The Balaban J connectivity index is 2.21. The maximum absolute atomic E-state index is 13.0. The van der Waals surface area contributed by atoms with E-state index in [0.29, 0.717) is 18.1 Å². The van der Waals surface area contributed by atoms with E-state index >= 15 is 0 Å². The third kappa shape index (κ3) is 5.74. The van der Waals surface area contributed by atoms with Gasteiger partial charge in [-0.1, -0.05) is 29.8 Å². The second-order valence-electron chi connectivity index (χ2n) is 6.24. The molecule has 2 aromatic carbocycles. The van der Waals surface area contributed by atoms with E-state index in [1.165, 1.54) is 31.4 Å². The van der Waals surface area contributed by atoms with Gasteiger partial charge in [-0.25, -0.2) is 0 Å². The Hall–Kier alpha value is -3.02. The van der Waals surface area contributed by atoms with Crippen LogP contribution in [-0.2, 0) is 6.18 Å². The summed E-state index contributed by atoms with van der Waals surface area (Å²) in [6.07, 6.45) is -0.309. The standard InChI is InChI=1S/C22H21F3O3/c1-15(2)12-13-28-20-11-9-17(14-21(20)27-3)19(26)10-8-16-6-4-5-7-18(16)22(23,24)25/h4-12,14H,13H2,1-3H3/b10-8+. The molecule has 0 aliphatic rings. The summed E-state index contributed by atoms with van der Waals surface area (Å²) in [6.45, 7) is 4.26. The normalized spacial score (nSPS) is 11.4. The predicted molar refractivity (Wildman–Crippen MR) is 103 cm³/mol. The molecule has 0 aliphatic heterocycles. The molecule has 0 saturated heterocycles. The molecule has 0 fully saturated rings. The van der Waals surface area contributed by atoms with Gasteiger partial charge in [0.2, 0.25) is 0 Å². The fourth-order valence-corrected chi connectivity index (χ4v) is 2.40. The average Bonchev–Trinajstić information content (AvgIpc) is 2.65. The van der Waals surface area contributed by atoms with Crippen molar-refractivity contribution in [3.05, 3.63) is 76.9 Å². The molecule has 148 valence electrons. The van der Waals surface area contributed by atoms with Crippen LogP contribution in [0.1, 0.15) is 35.3 Å². The van der Waals surface area contributed by atoms with Gasteiger partial charge in [-0.05, 0) is 55.8 Å². The second kappa shape index (κ2) is 9.26. The lowest BCUT2D eigenvalue weighted by Crippen LogP contribution is -2.07. The highest BCUT2D eigenvalue weighted by Crippen LogP contribution is 2.32. The number of methoxy groups -OCH3 is 1. The molecule has 2 aromatic rings. The first kappa shape index (κ1) is 21.3. The van der Waals surface area contributed by atoms with Gasteiger partial charge in [-0.2, -0.15) is 13.2 Å². The fraction of sp³-hybridized carbons (Fsp3) is 0.227. The lowest BCUT2D eigenvalue weighted by atomic mass is 10.0. The van der Waals surface area contributed by atoms with Crippen molar-refractivity contribution in [2.45, 2.75) is 20.0 Å². The SMILES string of the molecule is COc1cc(C(=O)/C=C/c2ccccc2C(F)(F)F)ccc1OCC=C(C)C. The number of halogens is 3. The highest BCUT2D eigenvalue weighted by atomic mass is 19.4. The zero-order valence-electron chi connectivity index (χ0n) is 15.8. The zero-order chi connectivity index (χ0) is 20.7. The van der Waals surface area contributed by atoms with Gasteiger partial charge in [0.25, 0.3) is 0 Å². The Morgan fingerprint density at radius 2 is 1.79 bits per heavy atom. The number of benzene rings is 2. The average molecular weight is 390 g/mol. The van der Waals surface area contributed by atoms with Gasteiger partial charge < -0.3 is 9.47 Å². The van der Waals surface area contributed by atoms with E-state index in [1.54, 1.807) is 12.1 Å². The lowest BCUT2D eigenvalue weighted by molar-refractivity contribution is -0.137. The summed E-state index contributed by atoms with van der Waals surface area (Å²) in [5, 5.41) is 0. The number of carbonyl (C=O) groups excluding carboxylic acids is 1. The second-order valence-corrected chi connectivity index (χ2v) is 6.24. The summed E-state index contributed by atoms with van der Waals surface area (Å²) in [6, 6.07) is 9.73. The van der Waals surface area contributed by atoms with Gasteiger partial charge in [-0.3, -0.25) is 4.79 Å². The van der Waals surface area contributed by atoms with Crippen LogP contribution in [0.2, 0.25) is 0 Å². The Morgan fingerprint density at radius 3 is 2.43 bits per heavy atom. The van der Waals surface area contributed by atoms with Crippen LogP contribution in [-0.4, -0.2) is 19.5 Å². The highest BCUT2D eigenvalue weighted by Gasteiger charge is 2.32. The number of rotatable bonds is 7. The quantitative estimate of drug-likeness (QED) is 0.333. The molecule has 0 amide bonds. The van der Waals surface area contributed by atoms with E-state index in [2.05, 4.69) is 0 Å². The third-order valence-electron chi connectivity index (χ3n) is 3.86. The van der Waals surface area contributed by atoms with Gasteiger partial charge in [0.05, 0.1) is 12.7 Å². The first-order chi connectivity index (χ1) is 13.2. The molecule has 0 aromatic heterocycles. The van der Waals surface area contributed by atoms with Crippen molar-refractivity contribution in [3.8, 4) is 11.5 Å². The first-order valence-electron chi connectivity index (χ1n) is 8.55. The molecular weight excluding hydrogens is 369 g/mol. The van der Waals surface area contributed by atoms with Crippen LogP contribution in [0.15, 0.2) is 60.2 Å². The molecule has 0 atom stereocenters. The first-order valence-corrected chi connectivity index (χ1v) is 8.55. The minimum atomic E-state index is -4.49. The number of hydrogen-bond acceptors (Lipinski definition) is 3. The van der Waals surface area contributed by atoms with Gasteiger partial charge in [0.1, 0.15) is 6.61 Å². The molecule has 0 saturated carbocycles. The molecule has 0 radical (unpaired) electrons. The maximum Gasteiger partial charge on any atom is 0.416 e. The summed E-state index contributed by atoms with van der Waals surface area (Å²) in [5.74, 6) is 0.408. The molecule has 0 heterocycles. The minimum absolute atomic E-state index is 0.0722. The summed E-state index contributed by atoms with van der Waals surface area (Å²) in [5.41, 5.74) is 0.527. The van der Waals surface area contributed by atoms with Crippen LogP contribution in [0.4, 0.5) is 13.2 Å². The van der Waals surface area contributed by atoms with Gasteiger partial charge in [0.15, 0.2) is 17.3 Å². The Kier molecular flexibility index (Phi) is 7.04. The molecular formula is C22H21F3O3. The predicted octanol–water partition coefficient (Wildman–Crippen LogP) is 5.96. The molecule has 0 N–H and O–H groups in total. The summed E-state index contributed by atoms with van der Waals surface area (Å²) >= 11 is 0. The fourth-order valence-electron chi connectivity index (χ4n) is 2.40. The molecule has 2 rings (SSSR count). The summed E-state index contributed by atoms with van der Waals surface area (Å²) in [7, 11) is 1.45. The number of alkyl halides is 3.